The summed E-state index contributed by atoms with van der Waals surface area (Å²) in [6, 6.07) is -2.63. The molecular weight excluding hydrogens is 396 g/mol. The van der Waals surface area contributed by atoms with Gasteiger partial charge in [-0.2, -0.15) is 0 Å². The third-order valence-corrected chi connectivity index (χ3v) is 4.44. The Morgan fingerprint density at radius 3 is 2.10 bits per heavy atom. The second kappa shape index (κ2) is 11.7. The molecule has 2 amide bonds. The van der Waals surface area contributed by atoms with Crippen molar-refractivity contribution in [2.24, 2.45) is 0 Å². The Bertz CT molecular complexity index is 537. The highest BCUT2D eigenvalue weighted by Gasteiger charge is 2.48. The number of hydrogen-bond donors (Lipinski definition) is 9. The molecule has 170 valence electrons. The second-order valence-electron chi connectivity index (χ2n) is 6.76. The first kappa shape index (κ1) is 25.6. The number of amides is 2. The summed E-state index contributed by atoms with van der Waals surface area (Å²) in [5.41, 5.74) is 0. The first-order chi connectivity index (χ1) is 13.6. The van der Waals surface area contributed by atoms with E-state index in [0.717, 1.165) is 13.8 Å². The zero-order chi connectivity index (χ0) is 22.3. The first-order valence-electron chi connectivity index (χ1n) is 8.97. The van der Waals surface area contributed by atoms with Crippen molar-refractivity contribution in [3.63, 3.8) is 0 Å². The summed E-state index contributed by atoms with van der Waals surface area (Å²) in [7, 11) is 0. The summed E-state index contributed by atoms with van der Waals surface area (Å²) in [5.74, 6) is -1.22. The number of hydrogen-bond acceptors (Lipinski definition) is 11. The maximum atomic E-state index is 11.5. The lowest BCUT2D eigenvalue weighted by Crippen LogP contribution is -2.66. The van der Waals surface area contributed by atoms with Crippen LogP contribution in [-0.2, 0) is 19.1 Å². The van der Waals surface area contributed by atoms with Crippen LogP contribution in [0.4, 0.5) is 0 Å². The van der Waals surface area contributed by atoms with Gasteiger partial charge in [0.05, 0.1) is 25.9 Å². The summed E-state index contributed by atoms with van der Waals surface area (Å²) in [5, 5.41) is 73.1. The van der Waals surface area contributed by atoms with Gasteiger partial charge in [0, 0.05) is 13.8 Å². The number of aliphatic hydroxyl groups excluding tert-OH is 7. The van der Waals surface area contributed by atoms with E-state index >= 15 is 0 Å². The van der Waals surface area contributed by atoms with Crippen molar-refractivity contribution in [1.82, 2.24) is 10.6 Å². The van der Waals surface area contributed by atoms with E-state index in [-0.39, 0.29) is 0 Å². The Hall–Kier alpha value is -1.42. The van der Waals surface area contributed by atoms with Gasteiger partial charge in [0.25, 0.3) is 0 Å². The van der Waals surface area contributed by atoms with Crippen LogP contribution in [0.25, 0.3) is 0 Å². The average molecular weight is 426 g/mol. The largest absolute Gasteiger partial charge is 0.394 e. The Kier molecular flexibility index (Phi) is 10.3. The SMILES string of the molecule is CC(=O)N[C@@H](CO)[C@@H](OC1O[C@H](CO)[C@@H](O)[C@H](O)[C@H]1NC(C)=O)[C@@H](O)[C@H](O)CO. The van der Waals surface area contributed by atoms with Gasteiger partial charge < -0.3 is 55.9 Å². The minimum Gasteiger partial charge on any atom is -0.394 e. The normalized spacial score (nSPS) is 31.4. The lowest BCUT2D eigenvalue weighted by molar-refractivity contribution is -0.295. The van der Waals surface area contributed by atoms with Gasteiger partial charge >= 0.3 is 0 Å². The molecule has 9 N–H and O–H groups in total. The van der Waals surface area contributed by atoms with E-state index in [0.29, 0.717) is 0 Å². The van der Waals surface area contributed by atoms with E-state index in [2.05, 4.69) is 10.6 Å². The molecule has 13 heteroatoms. The van der Waals surface area contributed by atoms with Crippen molar-refractivity contribution < 1.29 is 54.8 Å². The molecule has 0 bridgehead atoms. The van der Waals surface area contributed by atoms with E-state index < -0.39 is 86.6 Å². The van der Waals surface area contributed by atoms with Gasteiger partial charge in [-0.25, -0.2) is 0 Å². The Morgan fingerprint density at radius 2 is 1.66 bits per heavy atom. The van der Waals surface area contributed by atoms with Crippen LogP contribution >= 0.6 is 0 Å². The number of rotatable bonds is 10. The molecule has 0 saturated carbocycles. The molecule has 1 aliphatic rings. The Balaban J connectivity index is 3.21. The molecule has 9 atom stereocenters. The maximum Gasteiger partial charge on any atom is 0.217 e. The quantitative estimate of drug-likeness (QED) is 0.160. The minimum absolute atomic E-state index is 0.602. The van der Waals surface area contributed by atoms with Crippen LogP contribution in [0.2, 0.25) is 0 Å². The third kappa shape index (κ3) is 6.80. The molecule has 1 saturated heterocycles. The molecule has 0 radical (unpaired) electrons. The summed E-state index contributed by atoms with van der Waals surface area (Å²) >= 11 is 0. The molecule has 1 fully saturated rings. The molecule has 0 aliphatic carbocycles. The predicted molar refractivity (Wildman–Crippen MR) is 94.0 cm³/mol. The smallest absolute Gasteiger partial charge is 0.217 e. The van der Waals surface area contributed by atoms with E-state index in [1.54, 1.807) is 0 Å². The van der Waals surface area contributed by atoms with Crippen molar-refractivity contribution in [2.75, 3.05) is 19.8 Å². The lowest BCUT2D eigenvalue weighted by atomic mass is 9.96. The molecule has 0 aromatic carbocycles. The van der Waals surface area contributed by atoms with Gasteiger partial charge in [-0.05, 0) is 0 Å². The fourth-order valence-corrected chi connectivity index (χ4v) is 2.97. The van der Waals surface area contributed by atoms with Crippen molar-refractivity contribution in [2.45, 2.75) is 68.8 Å². The minimum atomic E-state index is -1.83. The Morgan fingerprint density at radius 1 is 1.03 bits per heavy atom. The van der Waals surface area contributed by atoms with Crippen molar-refractivity contribution in [3.8, 4) is 0 Å². The number of carbonyl (C=O) groups excluding carboxylic acids is 2. The molecule has 1 rings (SSSR count). The number of ether oxygens (including phenoxy) is 2. The van der Waals surface area contributed by atoms with Crippen LogP contribution in [-0.4, -0.2) is 122 Å². The molecule has 1 heterocycles. The van der Waals surface area contributed by atoms with Gasteiger partial charge in [-0.3, -0.25) is 9.59 Å². The topological polar surface area (TPSA) is 218 Å². The molecular formula is C16H30N2O11. The van der Waals surface area contributed by atoms with Gasteiger partial charge in [0.15, 0.2) is 6.29 Å². The van der Waals surface area contributed by atoms with E-state index in [1.807, 2.05) is 0 Å². The number of nitrogens with one attached hydrogen (secondary N) is 2. The highest BCUT2D eigenvalue weighted by molar-refractivity contribution is 5.73. The number of aliphatic hydroxyl groups is 7. The lowest BCUT2D eigenvalue weighted by Gasteiger charge is -2.44. The molecule has 1 aliphatic heterocycles. The van der Waals surface area contributed by atoms with E-state index in [1.165, 1.54) is 0 Å². The highest BCUT2D eigenvalue weighted by atomic mass is 16.7. The van der Waals surface area contributed by atoms with Crippen LogP contribution in [0.1, 0.15) is 13.8 Å². The van der Waals surface area contributed by atoms with Gasteiger partial charge in [0.2, 0.25) is 11.8 Å². The van der Waals surface area contributed by atoms with Crippen molar-refractivity contribution in [1.29, 1.82) is 0 Å². The summed E-state index contributed by atoms with van der Waals surface area (Å²) in [4.78, 5) is 22.9. The molecule has 0 aromatic rings. The van der Waals surface area contributed by atoms with E-state index in [4.69, 9.17) is 14.6 Å². The van der Waals surface area contributed by atoms with Gasteiger partial charge in [0.1, 0.15) is 42.7 Å². The summed E-state index contributed by atoms with van der Waals surface area (Å²) < 4.78 is 11.0. The third-order valence-electron chi connectivity index (χ3n) is 4.44. The zero-order valence-electron chi connectivity index (χ0n) is 16.1. The first-order valence-corrected chi connectivity index (χ1v) is 8.97. The van der Waals surface area contributed by atoms with E-state index in [9.17, 15) is 40.2 Å². The summed E-state index contributed by atoms with van der Waals surface area (Å²) in [6.07, 6.45) is -11.2. The van der Waals surface area contributed by atoms with Crippen molar-refractivity contribution in [3.05, 3.63) is 0 Å². The highest BCUT2D eigenvalue weighted by Crippen LogP contribution is 2.25. The second-order valence-corrected chi connectivity index (χ2v) is 6.76. The molecule has 0 aromatic heterocycles. The fraction of sp³-hybridized carbons (Fsp3) is 0.875. The van der Waals surface area contributed by atoms with Crippen molar-refractivity contribution >= 4 is 11.8 Å². The van der Waals surface area contributed by atoms with Crippen LogP contribution in [0.3, 0.4) is 0 Å². The standard InChI is InChI=1S/C16H30N2O11/c1-6(22)17-8(3-19)15(12(25)9(24)4-20)29-16-11(18-7(2)23)14(27)13(26)10(5-21)28-16/h8-16,19-21,24-27H,3-5H2,1-2H3,(H,17,22)(H,18,23)/t8-,9+,10+,11+,12-,13+,14+,15+,16?/m0/s1. The summed E-state index contributed by atoms with van der Waals surface area (Å²) in [6.45, 7) is -0.0732. The van der Waals surface area contributed by atoms with Gasteiger partial charge in [-0.15, -0.1) is 0 Å². The van der Waals surface area contributed by atoms with Crippen LogP contribution in [0.5, 0.6) is 0 Å². The Labute approximate surface area is 166 Å². The molecule has 1 unspecified atom stereocenters. The van der Waals surface area contributed by atoms with Gasteiger partial charge in [-0.1, -0.05) is 0 Å². The van der Waals surface area contributed by atoms with Crippen LogP contribution in [0.15, 0.2) is 0 Å². The predicted octanol–water partition coefficient (Wildman–Crippen LogP) is -5.47. The average Bonchev–Trinajstić information content (AvgIpc) is 2.67. The molecule has 0 spiro atoms. The molecule has 29 heavy (non-hydrogen) atoms. The fourth-order valence-electron chi connectivity index (χ4n) is 2.97. The molecule has 13 nitrogen and oxygen atoms in total. The maximum absolute atomic E-state index is 11.5. The van der Waals surface area contributed by atoms with Crippen LogP contribution < -0.4 is 10.6 Å². The monoisotopic (exact) mass is 426 g/mol. The zero-order valence-corrected chi connectivity index (χ0v) is 16.1. The number of carbonyl (C=O) groups is 2. The van der Waals surface area contributed by atoms with Crippen LogP contribution in [0, 0.1) is 0 Å².